The fourth-order valence-corrected chi connectivity index (χ4v) is 3.20. The predicted molar refractivity (Wildman–Crippen MR) is 82.0 cm³/mol. The van der Waals surface area contributed by atoms with Crippen LogP contribution in [0.2, 0.25) is 0 Å². The molecule has 6 nitrogen and oxygen atoms in total. The van der Waals surface area contributed by atoms with Gasteiger partial charge in [-0.2, -0.15) is 0 Å². The fourth-order valence-electron chi connectivity index (χ4n) is 1.56. The molecule has 0 spiro atoms. The highest BCUT2D eigenvalue weighted by atomic mass is 32.2. The number of rotatable bonds is 8. The summed E-state index contributed by atoms with van der Waals surface area (Å²) in [5.41, 5.74) is 1.67. The van der Waals surface area contributed by atoms with Gasteiger partial charge < -0.3 is 10.1 Å². The van der Waals surface area contributed by atoms with Gasteiger partial charge in [0.05, 0.1) is 10.4 Å². The molecule has 0 saturated carbocycles. The molecule has 114 valence electrons. The molecule has 0 bridgehead atoms. The molecular weight excluding hydrogens is 310 g/mol. The van der Waals surface area contributed by atoms with Crippen LogP contribution >= 0.6 is 11.3 Å². The molecule has 0 unspecified atom stereocenters. The van der Waals surface area contributed by atoms with Crippen LogP contribution in [0, 0.1) is 0 Å². The number of likely N-dealkylation sites (N-methyl/N-ethyl adjacent to an activating group) is 1. The molecule has 0 fully saturated rings. The molecule has 1 heterocycles. The molecule has 21 heavy (non-hydrogen) atoms. The van der Waals surface area contributed by atoms with Crippen molar-refractivity contribution >= 4 is 21.4 Å². The zero-order valence-corrected chi connectivity index (χ0v) is 13.2. The third-order valence-corrected chi connectivity index (χ3v) is 4.87. The summed E-state index contributed by atoms with van der Waals surface area (Å²) in [6.45, 7) is 1.51. The van der Waals surface area contributed by atoms with Crippen LogP contribution in [0.15, 0.2) is 40.9 Å². The lowest BCUT2D eigenvalue weighted by Crippen LogP contribution is -2.22. The van der Waals surface area contributed by atoms with Crippen molar-refractivity contribution in [3.8, 4) is 5.75 Å². The van der Waals surface area contributed by atoms with Gasteiger partial charge in [-0.15, -0.1) is 11.3 Å². The first-order valence-corrected chi connectivity index (χ1v) is 8.72. The average Bonchev–Trinajstić information content (AvgIpc) is 3.00. The Balaban J connectivity index is 1.96. The predicted octanol–water partition coefficient (Wildman–Crippen LogP) is 1.22. The van der Waals surface area contributed by atoms with E-state index in [1.54, 1.807) is 23.8 Å². The summed E-state index contributed by atoms with van der Waals surface area (Å²) in [6, 6.07) is 6.36. The second kappa shape index (κ2) is 7.51. The van der Waals surface area contributed by atoms with Crippen molar-refractivity contribution in [1.82, 2.24) is 15.0 Å². The number of nitrogens with one attached hydrogen (secondary N) is 2. The number of nitrogens with zero attached hydrogens (tertiary/aromatic N) is 1. The number of hydrogen-bond acceptors (Lipinski definition) is 6. The van der Waals surface area contributed by atoms with E-state index in [1.807, 2.05) is 7.05 Å². The first-order chi connectivity index (χ1) is 10.1. The van der Waals surface area contributed by atoms with Crippen LogP contribution in [0.25, 0.3) is 0 Å². The Morgan fingerprint density at radius 3 is 2.67 bits per heavy atom. The molecule has 2 aromatic rings. The van der Waals surface area contributed by atoms with Crippen molar-refractivity contribution in [2.45, 2.75) is 11.4 Å². The van der Waals surface area contributed by atoms with Gasteiger partial charge in [0, 0.05) is 24.2 Å². The van der Waals surface area contributed by atoms with Gasteiger partial charge in [0.25, 0.3) is 0 Å². The zero-order chi connectivity index (χ0) is 15.1. The van der Waals surface area contributed by atoms with Crippen molar-refractivity contribution in [2.75, 3.05) is 20.2 Å². The third-order valence-electron chi connectivity index (χ3n) is 2.67. The Labute approximate surface area is 128 Å². The molecule has 2 N–H and O–H groups in total. The normalized spacial score (nSPS) is 11.5. The maximum atomic E-state index is 12.1. The van der Waals surface area contributed by atoms with Gasteiger partial charge in [0.1, 0.15) is 12.4 Å². The number of ether oxygens (including phenoxy) is 1. The van der Waals surface area contributed by atoms with Crippen LogP contribution in [0.3, 0.4) is 0 Å². The minimum atomic E-state index is -3.52. The number of sulfonamides is 1. The van der Waals surface area contributed by atoms with E-state index in [-0.39, 0.29) is 11.4 Å². The third kappa shape index (κ3) is 4.78. The van der Waals surface area contributed by atoms with E-state index >= 15 is 0 Å². The first kappa shape index (κ1) is 15.9. The smallest absolute Gasteiger partial charge is 0.240 e. The Bertz CT molecular complexity index is 640. The zero-order valence-electron chi connectivity index (χ0n) is 11.6. The minimum absolute atomic E-state index is 0.216. The minimum Gasteiger partial charge on any atom is -0.492 e. The maximum absolute atomic E-state index is 12.1. The van der Waals surface area contributed by atoms with Crippen molar-refractivity contribution in [3.63, 3.8) is 0 Å². The summed E-state index contributed by atoms with van der Waals surface area (Å²) < 4.78 is 32.2. The van der Waals surface area contributed by atoms with E-state index in [2.05, 4.69) is 15.0 Å². The lowest BCUT2D eigenvalue weighted by molar-refractivity contribution is 0.318. The quantitative estimate of drug-likeness (QED) is 0.713. The Morgan fingerprint density at radius 2 is 2.05 bits per heavy atom. The van der Waals surface area contributed by atoms with Crippen molar-refractivity contribution < 1.29 is 13.2 Å². The number of thiazole rings is 1. The fraction of sp³-hybridized carbons (Fsp3) is 0.308. The molecule has 8 heteroatoms. The average molecular weight is 327 g/mol. The molecule has 0 atom stereocenters. The second-order valence-electron chi connectivity index (χ2n) is 4.22. The van der Waals surface area contributed by atoms with Crippen LogP contribution in [-0.2, 0) is 16.6 Å². The highest BCUT2D eigenvalue weighted by molar-refractivity contribution is 7.89. The first-order valence-electron chi connectivity index (χ1n) is 6.36. The summed E-state index contributed by atoms with van der Waals surface area (Å²) in [5, 5.41) is 2.97. The van der Waals surface area contributed by atoms with E-state index in [9.17, 15) is 8.42 Å². The van der Waals surface area contributed by atoms with Crippen LogP contribution in [0.1, 0.15) is 4.88 Å². The van der Waals surface area contributed by atoms with Gasteiger partial charge in [0.2, 0.25) is 10.0 Å². The monoisotopic (exact) mass is 327 g/mol. The van der Waals surface area contributed by atoms with E-state index in [0.29, 0.717) is 12.4 Å². The second-order valence-corrected chi connectivity index (χ2v) is 6.95. The van der Waals surface area contributed by atoms with Gasteiger partial charge in [-0.1, -0.05) is 0 Å². The van der Waals surface area contributed by atoms with E-state index in [4.69, 9.17) is 4.74 Å². The highest BCUT2D eigenvalue weighted by Gasteiger charge is 2.13. The largest absolute Gasteiger partial charge is 0.492 e. The Hall–Kier alpha value is -1.48. The summed E-state index contributed by atoms with van der Waals surface area (Å²) in [4.78, 5) is 4.99. The SMILES string of the molecule is CNCCOc1ccc(S(=O)(=O)NCc2cncs2)cc1. The van der Waals surface area contributed by atoms with Crippen molar-refractivity contribution in [1.29, 1.82) is 0 Å². The van der Waals surface area contributed by atoms with Gasteiger partial charge in [-0.25, -0.2) is 13.1 Å². The molecule has 0 saturated heterocycles. The maximum Gasteiger partial charge on any atom is 0.240 e. The molecule has 0 aliphatic heterocycles. The van der Waals surface area contributed by atoms with Gasteiger partial charge in [-0.3, -0.25) is 4.98 Å². The molecule has 0 aliphatic rings. The van der Waals surface area contributed by atoms with E-state index in [1.165, 1.54) is 23.5 Å². The van der Waals surface area contributed by atoms with E-state index in [0.717, 1.165) is 11.4 Å². The van der Waals surface area contributed by atoms with Gasteiger partial charge in [-0.05, 0) is 31.3 Å². The lowest BCUT2D eigenvalue weighted by atomic mass is 10.3. The standard InChI is InChI=1S/C13H17N3O3S2/c1-14-6-7-19-11-2-4-13(5-3-11)21(17,18)16-9-12-8-15-10-20-12/h2-5,8,10,14,16H,6-7,9H2,1H3. The number of benzene rings is 1. The van der Waals surface area contributed by atoms with Crippen molar-refractivity contribution in [2.24, 2.45) is 0 Å². The van der Waals surface area contributed by atoms with Crippen LogP contribution < -0.4 is 14.8 Å². The van der Waals surface area contributed by atoms with E-state index < -0.39 is 10.0 Å². The molecule has 2 rings (SSSR count). The Morgan fingerprint density at radius 1 is 1.29 bits per heavy atom. The lowest BCUT2D eigenvalue weighted by Gasteiger charge is -2.08. The van der Waals surface area contributed by atoms with Gasteiger partial charge >= 0.3 is 0 Å². The number of hydrogen-bond donors (Lipinski definition) is 2. The molecule has 1 aromatic heterocycles. The van der Waals surface area contributed by atoms with Crippen LogP contribution in [-0.4, -0.2) is 33.6 Å². The molecule has 0 radical (unpaired) electrons. The summed E-state index contributed by atoms with van der Waals surface area (Å²) in [7, 11) is -1.68. The topological polar surface area (TPSA) is 80.3 Å². The molecule has 1 aromatic carbocycles. The molecule has 0 aliphatic carbocycles. The van der Waals surface area contributed by atoms with Crippen LogP contribution in [0.5, 0.6) is 5.75 Å². The Kier molecular flexibility index (Phi) is 5.68. The summed E-state index contributed by atoms with van der Waals surface area (Å²) in [5.74, 6) is 0.645. The van der Waals surface area contributed by atoms with Crippen molar-refractivity contribution in [3.05, 3.63) is 40.8 Å². The molecular formula is C13H17N3O3S2. The highest BCUT2D eigenvalue weighted by Crippen LogP contribution is 2.16. The summed E-state index contributed by atoms with van der Waals surface area (Å²) in [6.07, 6.45) is 1.64. The van der Waals surface area contributed by atoms with Crippen LogP contribution in [0.4, 0.5) is 0 Å². The summed E-state index contributed by atoms with van der Waals surface area (Å²) >= 11 is 1.41. The molecule has 0 amide bonds. The van der Waals surface area contributed by atoms with Gasteiger partial charge in [0.15, 0.2) is 0 Å². The number of aromatic nitrogens is 1.